The second kappa shape index (κ2) is 6.08. The maximum atomic E-state index is 12.6. The first-order chi connectivity index (χ1) is 11.0. The van der Waals surface area contributed by atoms with Crippen molar-refractivity contribution >= 4 is 5.91 Å². The Balaban J connectivity index is 1.92. The van der Waals surface area contributed by atoms with Gasteiger partial charge in [-0.2, -0.15) is 0 Å². The van der Waals surface area contributed by atoms with Crippen molar-refractivity contribution in [3.8, 4) is 16.9 Å². The van der Waals surface area contributed by atoms with Crippen LogP contribution in [0.4, 0.5) is 0 Å². The Kier molecular flexibility index (Phi) is 4.13. The third kappa shape index (κ3) is 3.10. The SMILES string of the molecule is COc1cc(C)cc(-c2cc(C(=O)N3CCC(O)C3)n(C)c2)c1. The number of β-amino-alcohol motifs (C(OH)–C–C–N with tert-alkyl or cyclic N) is 1. The number of aryl methyl sites for hydroxylation is 2. The van der Waals surface area contributed by atoms with E-state index in [9.17, 15) is 9.90 Å². The van der Waals surface area contributed by atoms with E-state index >= 15 is 0 Å². The quantitative estimate of drug-likeness (QED) is 0.945. The summed E-state index contributed by atoms with van der Waals surface area (Å²) in [7, 11) is 3.52. The maximum Gasteiger partial charge on any atom is 0.270 e. The van der Waals surface area contributed by atoms with E-state index in [0.29, 0.717) is 25.2 Å². The Morgan fingerprint density at radius 1 is 1.26 bits per heavy atom. The summed E-state index contributed by atoms with van der Waals surface area (Å²) < 4.78 is 7.17. The van der Waals surface area contributed by atoms with E-state index in [0.717, 1.165) is 22.4 Å². The molecule has 122 valence electrons. The van der Waals surface area contributed by atoms with Gasteiger partial charge in [0.25, 0.3) is 5.91 Å². The molecule has 2 aromatic rings. The molecule has 2 heterocycles. The van der Waals surface area contributed by atoms with Gasteiger partial charge in [-0.05, 0) is 42.7 Å². The molecule has 0 spiro atoms. The van der Waals surface area contributed by atoms with Crippen LogP contribution < -0.4 is 4.74 Å². The Labute approximate surface area is 136 Å². The fourth-order valence-corrected chi connectivity index (χ4v) is 3.06. The molecule has 1 aliphatic heterocycles. The van der Waals surface area contributed by atoms with E-state index in [2.05, 4.69) is 6.07 Å². The number of aliphatic hydroxyl groups excluding tert-OH is 1. The molecule has 1 N–H and O–H groups in total. The first-order valence-electron chi connectivity index (χ1n) is 7.77. The van der Waals surface area contributed by atoms with Crippen LogP contribution in [-0.2, 0) is 7.05 Å². The van der Waals surface area contributed by atoms with Crippen LogP contribution in [0.5, 0.6) is 5.75 Å². The second-order valence-electron chi connectivity index (χ2n) is 6.16. The van der Waals surface area contributed by atoms with Gasteiger partial charge in [-0.3, -0.25) is 4.79 Å². The van der Waals surface area contributed by atoms with Crippen molar-refractivity contribution in [1.29, 1.82) is 0 Å². The first-order valence-corrected chi connectivity index (χ1v) is 7.77. The number of amides is 1. The summed E-state index contributed by atoms with van der Waals surface area (Å²) in [5.41, 5.74) is 3.75. The average Bonchev–Trinajstić information content (AvgIpc) is 3.12. The number of likely N-dealkylation sites (tertiary alicyclic amines) is 1. The second-order valence-corrected chi connectivity index (χ2v) is 6.16. The molecule has 0 aliphatic carbocycles. The van der Waals surface area contributed by atoms with Crippen molar-refractivity contribution in [2.24, 2.45) is 7.05 Å². The molecule has 0 bridgehead atoms. The van der Waals surface area contributed by atoms with Crippen LogP contribution in [0.25, 0.3) is 11.1 Å². The molecule has 23 heavy (non-hydrogen) atoms. The van der Waals surface area contributed by atoms with Crippen LogP contribution in [0, 0.1) is 6.92 Å². The van der Waals surface area contributed by atoms with Crippen molar-refractivity contribution in [3.63, 3.8) is 0 Å². The van der Waals surface area contributed by atoms with E-state index in [-0.39, 0.29) is 5.91 Å². The number of hydrogen-bond donors (Lipinski definition) is 1. The molecule has 5 heteroatoms. The first kappa shape index (κ1) is 15.6. The molecular weight excluding hydrogens is 292 g/mol. The van der Waals surface area contributed by atoms with Crippen LogP contribution >= 0.6 is 0 Å². The third-order valence-corrected chi connectivity index (χ3v) is 4.29. The lowest BCUT2D eigenvalue weighted by molar-refractivity contribution is 0.0755. The summed E-state index contributed by atoms with van der Waals surface area (Å²) in [5, 5.41) is 9.62. The predicted molar refractivity (Wildman–Crippen MR) is 88.7 cm³/mol. The number of hydrogen-bond acceptors (Lipinski definition) is 3. The normalized spacial score (nSPS) is 17.6. The number of aliphatic hydroxyl groups is 1. The van der Waals surface area contributed by atoms with Crippen molar-refractivity contribution in [2.45, 2.75) is 19.4 Å². The van der Waals surface area contributed by atoms with Crippen molar-refractivity contribution in [1.82, 2.24) is 9.47 Å². The number of rotatable bonds is 3. The molecule has 1 atom stereocenters. The van der Waals surface area contributed by atoms with Crippen LogP contribution in [0.15, 0.2) is 30.5 Å². The number of nitrogens with zero attached hydrogens (tertiary/aromatic N) is 2. The number of aromatic nitrogens is 1. The number of benzene rings is 1. The molecule has 1 amide bonds. The standard InChI is InChI=1S/C18H22N2O3/c1-12-6-13(8-16(7-12)23-3)14-9-17(19(2)10-14)18(22)20-5-4-15(21)11-20/h6-10,15,21H,4-5,11H2,1-3H3. The molecular formula is C18H22N2O3. The molecule has 1 unspecified atom stereocenters. The maximum absolute atomic E-state index is 12.6. The smallest absolute Gasteiger partial charge is 0.270 e. The highest BCUT2D eigenvalue weighted by atomic mass is 16.5. The van der Waals surface area contributed by atoms with Crippen molar-refractivity contribution < 1.29 is 14.6 Å². The monoisotopic (exact) mass is 314 g/mol. The third-order valence-electron chi connectivity index (χ3n) is 4.29. The van der Waals surface area contributed by atoms with Crippen molar-refractivity contribution in [3.05, 3.63) is 41.7 Å². The average molecular weight is 314 g/mol. The Morgan fingerprint density at radius 2 is 2.04 bits per heavy atom. The summed E-state index contributed by atoms with van der Waals surface area (Å²) in [6.45, 7) is 3.04. The van der Waals surface area contributed by atoms with Gasteiger partial charge in [0.2, 0.25) is 0 Å². The van der Waals surface area contributed by atoms with Crippen molar-refractivity contribution in [2.75, 3.05) is 20.2 Å². The van der Waals surface area contributed by atoms with Gasteiger partial charge in [-0.1, -0.05) is 6.07 Å². The van der Waals surface area contributed by atoms with E-state index in [1.165, 1.54) is 0 Å². The predicted octanol–water partition coefficient (Wildman–Crippen LogP) is 2.22. The topological polar surface area (TPSA) is 54.7 Å². The van der Waals surface area contributed by atoms with Gasteiger partial charge < -0.3 is 19.3 Å². The zero-order valence-electron chi connectivity index (χ0n) is 13.7. The summed E-state index contributed by atoms with van der Waals surface area (Å²) in [6, 6.07) is 7.92. The van der Waals surface area contributed by atoms with E-state index in [1.54, 1.807) is 12.0 Å². The zero-order chi connectivity index (χ0) is 16.6. The molecule has 0 radical (unpaired) electrons. The lowest BCUT2D eigenvalue weighted by atomic mass is 10.1. The van der Waals surface area contributed by atoms with Gasteiger partial charge in [0.05, 0.1) is 13.2 Å². The number of carbonyl (C=O) groups excluding carboxylic acids is 1. The molecule has 1 aliphatic rings. The molecule has 1 saturated heterocycles. The lowest BCUT2D eigenvalue weighted by Crippen LogP contribution is -2.30. The lowest BCUT2D eigenvalue weighted by Gasteiger charge is -2.15. The molecule has 3 rings (SSSR count). The Hall–Kier alpha value is -2.27. The van der Waals surface area contributed by atoms with Crippen LogP contribution in [0.1, 0.15) is 22.5 Å². The van der Waals surface area contributed by atoms with E-state index in [1.807, 2.05) is 42.9 Å². The minimum absolute atomic E-state index is 0.0325. The fourth-order valence-electron chi connectivity index (χ4n) is 3.06. The molecule has 0 saturated carbocycles. The van der Waals surface area contributed by atoms with Gasteiger partial charge in [-0.15, -0.1) is 0 Å². The molecule has 1 fully saturated rings. The van der Waals surface area contributed by atoms with Gasteiger partial charge in [0.1, 0.15) is 11.4 Å². The largest absolute Gasteiger partial charge is 0.497 e. The minimum Gasteiger partial charge on any atom is -0.497 e. The number of methoxy groups -OCH3 is 1. The van der Waals surface area contributed by atoms with E-state index < -0.39 is 6.10 Å². The highest BCUT2D eigenvalue weighted by Gasteiger charge is 2.27. The number of ether oxygens (including phenoxy) is 1. The van der Waals surface area contributed by atoms with E-state index in [4.69, 9.17) is 4.74 Å². The zero-order valence-corrected chi connectivity index (χ0v) is 13.7. The molecule has 5 nitrogen and oxygen atoms in total. The van der Waals surface area contributed by atoms with Gasteiger partial charge in [-0.25, -0.2) is 0 Å². The van der Waals surface area contributed by atoms with Crippen LogP contribution in [-0.4, -0.2) is 46.8 Å². The highest BCUT2D eigenvalue weighted by Crippen LogP contribution is 2.28. The molecule has 1 aromatic heterocycles. The van der Waals surface area contributed by atoms with Crippen LogP contribution in [0.2, 0.25) is 0 Å². The van der Waals surface area contributed by atoms with Crippen LogP contribution in [0.3, 0.4) is 0 Å². The summed E-state index contributed by atoms with van der Waals surface area (Å²) >= 11 is 0. The summed E-state index contributed by atoms with van der Waals surface area (Å²) in [4.78, 5) is 14.3. The Morgan fingerprint density at radius 3 is 2.70 bits per heavy atom. The van der Waals surface area contributed by atoms with Gasteiger partial charge >= 0.3 is 0 Å². The summed E-state index contributed by atoms with van der Waals surface area (Å²) in [5.74, 6) is 0.773. The van der Waals surface area contributed by atoms with Gasteiger partial charge in [0, 0.05) is 31.9 Å². The fraction of sp³-hybridized carbons (Fsp3) is 0.389. The highest BCUT2D eigenvalue weighted by molar-refractivity contribution is 5.94. The molecule has 1 aromatic carbocycles. The minimum atomic E-state index is -0.403. The number of carbonyl (C=O) groups is 1. The Bertz CT molecular complexity index is 736. The van der Waals surface area contributed by atoms with Gasteiger partial charge in [0.15, 0.2) is 0 Å². The summed E-state index contributed by atoms with van der Waals surface area (Å²) in [6.07, 6.45) is 2.20.